The zero-order chi connectivity index (χ0) is 19.5. The number of hydrogen-bond donors (Lipinski definition) is 1. The number of hydrogen-bond acceptors (Lipinski definition) is 4. The number of rotatable bonds is 5. The van der Waals surface area contributed by atoms with Gasteiger partial charge in [0.05, 0.1) is 17.5 Å². The van der Waals surface area contributed by atoms with Gasteiger partial charge in [0.15, 0.2) is 5.52 Å². The highest BCUT2D eigenvalue weighted by Crippen LogP contribution is 2.22. The molecule has 1 N–H and O–H groups in total. The van der Waals surface area contributed by atoms with Gasteiger partial charge < -0.3 is 5.32 Å². The first-order chi connectivity index (χ1) is 13.6. The molecule has 0 radical (unpaired) electrons. The molecule has 0 aliphatic carbocycles. The molecular formula is C22H25FN4O. The van der Waals surface area contributed by atoms with Gasteiger partial charge in [-0.15, -0.1) is 0 Å². The first kappa shape index (κ1) is 18.7. The fourth-order valence-electron chi connectivity index (χ4n) is 3.93. The van der Waals surface area contributed by atoms with Crippen molar-refractivity contribution in [2.24, 2.45) is 0 Å². The highest BCUT2D eigenvalue weighted by molar-refractivity contribution is 5.80. The van der Waals surface area contributed by atoms with Crippen molar-refractivity contribution in [2.75, 3.05) is 6.54 Å². The quantitative estimate of drug-likeness (QED) is 0.731. The monoisotopic (exact) mass is 380 g/mol. The van der Waals surface area contributed by atoms with E-state index in [0.29, 0.717) is 34.9 Å². The average molecular weight is 380 g/mol. The van der Waals surface area contributed by atoms with Crippen LogP contribution in [0.1, 0.15) is 37.7 Å². The Hall–Kier alpha value is -2.60. The molecule has 6 heteroatoms. The van der Waals surface area contributed by atoms with Crippen LogP contribution < -0.4 is 10.9 Å². The molecule has 28 heavy (non-hydrogen) atoms. The van der Waals surface area contributed by atoms with E-state index in [1.54, 1.807) is 23.0 Å². The number of halogens is 1. The molecule has 1 aromatic carbocycles. The van der Waals surface area contributed by atoms with Gasteiger partial charge in [-0.1, -0.05) is 18.6 Å². The van der Waals surface area contributed by atoms with Crippen LogP contribution in [-0.4, -0.2) is 27.1 Å². The third-order valence-electron chi connectivity index (χ3n) is 5.46. The summed E-state index contributed by atoms with van der Waals surface area (Å²) < 4.78 is 15.2. The molecule has 3 aromatic rings. The fourth-order valence-corrected chi connectivity index (χ4v) is 3.93. The third-order valence-corrected chi connectivity index (χ3v) is 5.46. The highest BCUT2D eigenvalue weighted by atomic mass is 19.1. The Bertz CT molecular complexity index is 1040. The minimum Gasteiger partial charge on any atom is -0.314 e. The molecule has 0 unspecified atom stereocenters. The van der Waals surface area contributed by atoms with Crippen molar-refractivity contribution in [3.63, 3.8) is 0 Å². The first-order valence-electron chi connectivity index (χ1n) is 9.98. The Balaban J connectivity index is 1.61. The standard InChI is InChI=1S/C22H25FN4O/c1-15-12-19(16-6-4-7-17(23)13-16)26-21-20(15)25-14-27(22(21)28)11-5-9-18-8-2-3-10-24-18/h4,6-7,12-14,18,24H,2-3,5,8-11H2,1H3/t18-/m0/s1. The van der Waals surface area contributed by atoms with Gasteiger partial charge in [-0.05, 0) is 62.9 Å². The second-order valence-electron chi connectivity index (χ2n) is 7.56. The number of aryl methyl sites for hydroxylation is 2. The largest absolute Gasteiger partial charge is 0.314 e. The highest BCUT2D eigenvalue weighted by Gasteiger charge is 2.14. The van der Waals surface area contributed by atoms with E-state index in [2.05, 4.69) is 15.3 Å². The van der Waals surface area contributed by atoms with Crippen LogP contribution in [0.15, 0.2) is 41.5 Å². The normalized spacial score (nSPS) is 17.1. The van der Waals surface area contributed by atoms with E-state index in [-0.39, 0.29) is 11.4 Å². The zero-order valence-electron chi connectivity index (χ0n) is 16.1. The topological polar surface area (TPSA) is 59.8 Å². The Morgan fingerprint density at radius 3 is 2.93 bits per heavy atom. The molecule has 146 valence electrons. The first-order valence-corrected chi connectivity index (χ1v) is 9.98. The lowest BCUT2D eigenvalue weighted by molar-refractivity contribution is 0.367. The summed E-state index contributed by atoms with van der Waals surface area (Å²) in [7, 11) is 0. The van der Waals surface area contributed by atoms with Crippen molar-refractivity contribution in [3.8, 4) is 11.3 Å². The molecule has 1 atom stereocenters. The number of piperidine rings is 1. The molecule has 0 spiro atoms. The summed E-state index contributed by atoms with van der Waals surface area (Å²) in [5.74, 6) is -0.322. The lowest BCUT2D eigenvalue weighted by Crippen LogP contribution is -2.34. The predicted octanol–water partition coefficient (Wildman–Crippen LogP) is 3.83. The van der Waals surface area contributed by atoms with Crippen LogP contribution in [0, 0.1) is 12.7 Å². The molecule has 1 saturated heterocycles. The average Bonchev–Trinajstić information content (AvgIpc) is 2.71. The molecule has 0 bridgehead atoms. The van der Waals surface area contributed by atoms with Gasteiger partial charge in [0, 0.05) is 18.2 Å². The molecule has 3 heterocycles. The fraction of sp³-hybridized carbons (Fsp3) is 0.409. The maximum atomic E-state index is 13.6. The molecule has 0 amide bonds. The molecule has 1 aliphatic rings. The number of pyridine rings is 1. The third kappa shape index (κ3) is 3.97. The van der Waals surface area contributed by atoms with Crippen LogP contribution in [0.3, 0.4) is 0 Å². The van der Waals surface area contributed by atoms with Crippen molar-refractivity contribution >= 4 is 11.0 Å². The summed E-state index contributed by atoms with van der Waals surface area (Å²) in [6.45, 7) is 3.62. The molecular weight excluding hydrogens is 355 g/mol. The Morgan fingerprint density at radius 1 is 1.25 bits per heavy atom. The van der Waals surface area contributed by atoms with Gasteiger partial charge in [0.1, 0.15) is 5.82 Å². The number of fused-ring (bicyclic) bond motifs is 1. The SMILES string of the molecule is Cc1cc(-c2cccc(F)c2)nc2c(=O)n(CCC[C@@H]3CCCCN3)cnc12. The number of benzene rings is 1. The van der Waals surface area contributed by atoms with Crippen molar-refractivity contribution in [1.82, 2.24) is 19.9 Å². The molecule has 2 aromatic heterocycles. The van der Waals surface area contributed by atoms with Gasteiger partial charge in [-0.3, -0.25) is 9.36 Å². The number of nitrogens with zero attached hydrogens (tertiary/aromatic N) is 3. The summed E-state index contributed by atoms with van der Waals surface area (Å²) in [5, 5.41) is 3.54. The zero-order valence-corrected chi connectivity index (χ0v) is 16.1. The van der Waals surface area contributed by atoms with E-state index in [9.17, 15) is 9.18 Å². The van der Waals surface area contributed by atoms with Crippen LogP contribution in [0.25, 0.3) is 22.3 Å². The van der Waals surface area contributed by atoms with Gasteiger partial charge in [-0.2, -0.15) is 0 Å². The lowest BCUT2D eigenvalue weighted by Gasteiger charge is -2.23. The molecule has 5 nitrogen and oxygen atoms in total. The van der Waals surface area contributed by atoms with Crippen LogP contribution in [-0.2, 0) is 6.54 Å². The second kappa shape index (κ2) is 8.19. The van der Waals surface area contributed by atoms with Gasteiger partial charge in [0.2, 0.25) is 0 Å². The summed E-state index contributed by atoms with van der Waals surface area (Å²) in [5.41, 5.74) is 2.92. The second-order valence-corrected chi connectivity index (χ2v) is 7.56. The van der Waals surface area contributed by atoms with E-state index in [4.69, 9.17) is 0 Å². The van der Waals surface area contributed by atoms with E-state index < -0.39 is 0 Å². The summed E-state index contributed by atoms with van der Waals surface area (Å²) in [6.07, 6.45) is 7.34. The number of aromatic nitrogens is 3. The van der Waals surface area contributed by atoms with E-state index in [1.165, 1.54) is 31.4 Å². The number of nitrogens with one attached hydrogen (secondary N) is 1. The maximum Gasteiger partial charge on any atom is 0.279 e. The summed E-state index contributed by atoms with van der Waals surface area (Å²) in [4.78, 5) is 22.0. The van der Waals surface area contributed by atoms with Crippen LogP contribution in [0.2, 0.25) is 0 Å². The molecule has 0 saturated carbocycles. The van der Waals surface area contributed by atoms with Gasteiger partial charge in [0.25, 0.3) is 5.56 Å². The van der Waals surface area contributed by atoms with Gasteiger partial charge in [-0.25, -0.2) is 14.4 Å². The smallest absolute Gasteiger partial charge is 0.279 e. The van der Waals surface area contributed by atoms with Crippen LogP contribution in [0.5, 0.6) is 0 Å². The Labute approximate surface area is 163 Å². The van der Waals surface area contributed by atoms with Crippen molar-refractivity contribution < 1.29 is 4.39 Å². The van der Waals surface area contributed by atoms with Crippen molar-refractivity contribution in [3.05, 3.63) is 58.4 Å². The molecule has 1 fully saturated rings. The van der Waals surface area contributed by atoms with E-state index in [0.717, 1.165) is 24.9 Å². The van der Waals surface area contributed by atoms with Crippen LogP contribution >= 0.6 is 0 Å². The van der Waals surface area contributed by atoms with E-state index in [1.807, 2.05) is 13.0 Å². The molecule has 1 aliphatic heterocycles. The minimum atomic E-state index is -0.322. The van der Waals surface area contributed by atoms with Crippen molar-refractivity contribution in [2.45, 2.75) is 51.6 Å². The Kier molecular flexibility index (Phi) is 5.48. The maximum absolute atomic E-state index is 13.6. The molecule has 4 rings (SSSR count). The predicted molar refractivity (Wildman–Crippen MR) is 109 cm³/mol. The van der Waals surface area contributed by atoms with Crippen molar-refractivity contribution in [1.29, 1.82) is 0 Å². The van der Waals surface area contributed by atoms with E-state index >= 15 is 0 Å². The Morgan fingerprint density at radius 2 is 2.14 bits per heavy atom. The summed E-state index contributed by atoms with van der Waals surface area (Å²) >= 11 is 0. The minimum absolute atomic E-state index is 0.136. The van der Waals surface area contributed by atoms with Gasteiger partial charge >= 0.3 is 0 Å². The summed E-state index contributed by atoms with van der Waals surface area (Å²) in [6, 6.07) is 8.67. The lowest BCUT2D eigenvalue weighted by atomic mass is 10.0. The van der Waals surface area contributed by atoms with Crippen LogP contribution in [0.4, 0.5) is 4.39 Å².